The van der Waals surface area contributed by atoms with Crippen molar-refractivity contribution in [2.24, 2.45) is 0 Å². The molecule has 0 spiro atoms. The maximum atomic E-state index is 5.97. The molecule has 0 heterocycles. The Morgan fingerprint density at radius 3 is 2.67 bits per heavy atom. The van der Waals surface area contributed by atoms with Gasteiger partial charge in [-0.1, -0.05) is 11.6 Å². The smallest absolute Gasteiger partial charge is 0.120 e. The highest BCUT2D eigenvalue weighted by atomic mass is 127. The molecule has 0 aliphatic heterocycles. The van der Waals surface area contributed by atoms with Crippen LogP contribution in [0.4, 0.5) is 0 Å². The average Bonchev–Trinajstić information content (AvgIpc) is 2.09. The first-order valence-electron chi connectivity index (χ1n) is 3.27. The van der Waals surface area contributed by atoms with Crippen molar-refractivity contribution in [3.05, 3.63) is 26.3 Å². The largest absolute Gasteiger partial charge is 0.497 e. The van der Waals surface area contributed by atoms with Gasteiger partial charge in [0.05, 0.1) is 12.1 Å². The van der Waals surface area contributed by atoms with Gasteiger partial charge in [0.25, 0.3) is 0 Å². The lowest BCUT2D eigenvalue weighted by Crippen LogP contribution is -1.89. The standard InChI is InChI=1S/C8H7Cl2IO/c1-12-6-2-5(4-9)8(10)7(11)3-6/h2-3H,4H2,1H3. The lowest BCUT2D eigenvalue weighted by atomic mass is 10.2. The van der Waals surface area contributed by atoms with Crippen LogP contribution >= 0.6 is 45.8 Å². The molecule has 0 aliphatic carbocycles. The predicted octanol–water partition coefficient (Wildman–Crippen LogP) is 3.69. The number of hydrogen-bond acceptors (Lipinski definition) is 1. The first-order valence-corrected chi connectivity index (χ1v) is 5.26. The zero-order valence-corrected chi connectivity index (χ0v) is 10.1. The van der Waals surface area contributed by atoms with Crippen molar-refractivity contribution in [2.75, 3.05) is 7.11 Å². The van der Waals surface area contributed by atoms with Crippen LogP contribution in [0.25, 0.3) is 0 Å². The number of hydrogen-bond donors (Lipinski definition) is 0. The summed E-state index contributed by atoms with van der Waals surface area (Å²) in [5, 5.41) is 0.714. The Labute approximate surface area is 95.1 Å². The van der Waals surface area contributed by atoms with Gasteiger partial charge >= 0.3 is 0 Å². The molecule has 0 saturated heterocycles. The summed E-state index contributed by atoms with van der Waals surface area (Å²) in [5.74, 6) is 1.20. The minimum Gasteiger partial charge on any atom is -0.497 e. The fourth-order valence-corrected chi connectivity index (χ4v) is 1.94. The lowest BCUT2D eigenvalue weighted by Gasteiger charge is -2.06. The van der Waals surface area contributed by atoms with Crippen LogP contribution < -0.4 is 4.74 Å². The topological polar surface area (TPSA) is 9.23 Å². The van der Waals surface area contributed by atoms with Crippen LogP contribution in [-0.2, 0) is 5.88 Å². The number of methoxy groups -OCH3 is 1. The zero-order valence-electron chi connectivity index (χ0n) is 6.40. The van der Waals surface area contributed by atoms with E-state index in [1.807, 2.05) is 12.1 Å². The van der Waals surface area contributed by atoms with E-state index in [1.165, 1.54) is 0 Å². The van der Waals surface area contributed by atoms with E-state index < -0.39 is 0 Å². The highest BCUT2D eigenvalue weighted by molar-refractivity contribution is 14.1. The van der Waals surface area contributed by atoms with E-state index >= 15 is 0 Å². The number of rotatable bonds is 2. The summed E-state index contributed by atoms with van der Waals surface area (Å²) in [5.41, 5.74) is 0.905. The molecule has 1 nitrogen and oxygen atoms in total. The summed E-state index contributed by atoms with van der Waals surface area (Å²) < 4.78 is 6.03. The predicted molar refractivity (Wildman–Crippen MR) is 60.3 cm³/mol. The van der Waals surface area contributed by atoms with E-state index in [2.05, 4.69) is 22.6 Å². The second kappa shape index (κ2) is 4.53. The number of alkyl halides is 1. The van der Waals surface area contributed by atoms with Crippen LogP contribution in [0.1, 0.15) is 5.56 Å². The molecule has 0 amide bonds. The Bertz CT molecular complexity index is 289. The molecular formula is C8H7Cl2IO. The van der Waals surface area contributed by atoms with Crippen LogP contribution in [0.15, 0.2) is 12.1 Å². The summed E-state index contributed by atoms with van der Waals surface area (Å²) in [4.78, 5) is 0. The van der Waals surface area contributed by atoms with E-state index in [4.69, 9.17) is 27.9 Å². The van der Waals surface area contributed by atoms with Gasteiger partial charge in [0.15, 0.2) is 0 Å². The maximum Gasteiger partial charge on any atom is 0.120 e. The summed E-state index contributed by atoms with van der Waals surface area (Å²) in [7, 11) is 1.62. The molecule has 0 fully saturated rings. The average molecular weight is 317 g/mol. The van der Waals surface area contributed by atoms with Gasteiger partial charge in [0.1, 0.15) is 5.75 Å². The molecular weight excluding hydrogens is 310 g/mol. The Hall–Kier alpha value is 0.330. The Morgan fingerprint density at radius 2 is 2.17 bits per heavy atom. The van der Waals surface area contributed by atoms with Gasteiger partial charge in [0.2, 0.25) is 0 Å². The molecule has 0 aromatic heterocycles. The summed E-state index contributed by atoms with van der Waals surface area (Å²) in [6, 6.07) is 3.72. The van der Waals surface area contributed by atoms with Crippen LogP contribution in [0.3, 0.4) is 0 Å². The minimum atomic E-state index is 0.409. The van der Waals surface area contributed by atoms with E-state index in [0.717, 1.165) is 14.9 Å². The summed E-state index contributed by atoms with van der Waals surface area (Å²) in [6.07, 6.45) is 0. The molecule has 0 atom stereocenters. The third-order valence-electron chi connectivity index (χ3n) is 1.46. The van der Waals surface area contributed by atoms with Gasteiger partial charge in [0, 0.05) is 9.45 Å². The Morgan fingerprint density at radius 1 is 1.50 bits per heavy atom. The van der Waals surface area contributed by atoms with E-state index in [0.29, 0.717) is 10.9 Å². The van der Waals surface area contributed by atoms with Crippen LogP contribution in [0.5, 0.6) is 5.75 Å². The van der Waals surface area contributed by atoms with Crippen molar-refractivity contribution < 1.29 is 4.74 Å². The van der Waals surface area contributed by atoms with Gasteiger partial charge in [-0.2, -0.15) is 0 Å². The highest BCUT2D eigenvalue weighted by Gasteiger charge is 2.05. The van der Waals surface area contributed by atoms with Crippen molar-refractivity contribution in [3.8, 4) is 5.75 Å². The fourth-order valence-electron chi connectivity index (χ4n) is 0.833. The Balaban J connectivity index is 3.19. The molecule has 0 bridgehead atoms. The number of ether oxygens (including phenoxy) is 1. The minimum absolute atomic E-state index is 0.409. The molecule has 12 heavy (non-hydrogen) atoms. The number of benzene rings is 1. The molecule has 0 N–H and O–H groups in total. The molecule has 4 heteroatoms. The molecule has 1 rings (SSSR count). The maximum absolute atomic E-state index is 5.97. The van der Waals surface area contributed by atoms with E-state index in [1.54, 1.807) is 7.11 Å². The SMILES string of the molecule is COc1cc(I)c(Cl)c(CCl)c1. The van der Waals surface area contributed by atoms with Crippen LogP contribution in [-0.4, -0.2) is 7.11 Å². The second-order valence-corrected chi connectivity index (χ2v) is 4.02. The monoisotopic (exact) mass is 316 g/mol. The fraction of sp³-hybridized carbons (Fsp3) is 0.250. The van der Waals surface area contributed by atoms with E-state index in [-0.39, 0.29) is 0 Å². The quantitative estimate of drug-likeness (QED) is 0.597. The molecule has 0 radical (unpaired) electrons. The van der Waals surface area contributed by atoms with Crippen molar-refractivity contribution in [1.29, 1.82) is 0 Å². The summed E-state index contributed by atoms with van der Waals surface area (Å²) >= 11 is 13.8. The first kappa shape index (κ1) is 10.4. The Kier molecular flexibility index (Phi) is 3.93. The van der Waals surface area contributed by atoms with Crippen molar-refractivity contribution >= 4 is 45.8 Å². The van der Waals surface area contributed by atoms with Crippen molar-refractivity contribution in [2.45, 2.75) is 5.88 Å². The molecule has 0 aliphatic rings. The second-order valence-electron chi connectivity index (χ2n) is 2.22. The molecule has 1 aromatic carbocycles. The van der Waals surface area contributed by atoms with Gasteiger partial charge in [-0.25, -0.2) is 0 Å². The molecule has 0 unspecified atom stereocenters. The molecule has 66 valence electrons. The normalized spacial score (nSPS) is 10.0. The summed E-state index contributed by atoms with van der Waals surface area (Å²) in [6.45, 7) is 0. The van der Waals surface area contributed by atoms with Crippen molar-refractivity contribution in [1.82, 2.24) is 0 Å². The van der Waals surface area contributed by atoms with Gasteiger partial charge in [-0.3, -0.25) is 0 Å². The molecule has 1 aromatic rings. The number of halogens is 3. The van der Waals surface area contributed by atoms with Gasteiger partial charge in [-0.15, -0.1) is 11.6 Å². The third-order valence-corrected chi connectivity index (χ3v) is 3.36. The van der Waals surface area contributed by atoms with Gasteiger partial charge in [-0.05, 0) is 40.3 Å². The first-order chi connectivity index (χ1) is 5.69. The third kappa shape index (κ3) is 2.18. The highest BCUT2D eigenvalue weighted by Crippen LogP contribution is 2.29. The van der Waals surface area contributed by atoms with Crippen LogP contribution in [0.2, 0.25) is 5.02 Å². The van der Waals surface area contributed by atoms with Crippen molar-refractivity contribution in [3.63, 3.8) is 0 Å². The van der Waals surface area contributed by atoms with E-state index in [9.17, 15) is 0 Å². The zero-order chi connectivity index (χ0) is 9.14. The van der Waals surface area contributed by atoms with Gasteiger partial charge < -0.3 is 4.74 Å². The molecule has 0 saturated carbocycles. The lowest BCUT2D eigenvalue weighted by molar-refractivity contribution is 0.414. The van der Waals surface area contributed by atoms with Crippen LogP contribution in [0, 0.1) is 3.57 Å².